The van der Waals surface area contributed by atoms with Gasteiger partial charge in [-0.1, -0.05) is 12.1 Å². The van der Waals surface area contributed by atoms with E-state index in [1.807, 2.05) is 27.7 Å². The number of halogens is 1. The minimum atomic E-state index is -0.425. The Bertz CT molecular complexity index is 399. The van der Waals surface area contributed by atoms with E-state index < -0.39 is 5.82 Å². The lowest BCUT2D eigenvalue weighted by Gasteiger charge is -2.34. The number of hydrogen-bond acceptors (Lipinski definition) is 1. The fourth-order valence-corrected chi connectivity index (χ4v) is 1.67. The van der Waals surface area contributed by atoms with Crippen LogP contribution >= 0.6 is 0 Å². The van der Waals surface area contributed by atoms with Crippen LogP contribution in [0.25, 0.3) is 0 Å². The number of nitrogens with zero attached hydrogens (tertiary/aromatic N) is 1. The molecule has 0 heterocycles. The number of nitrogens with one attached hydrogen (secondary N) is 1. The van der Waals surface area contributed by atoms with E-state index in [1.165, 1.54) is 6.07 Å². The molecule has 0 atom stereocenters. The van der Waals surface area contributed by atoms with Gasteiger partial charge < -0.3 is 10.2 Å². The first-order valence-electron chi connectivity index (χ1n) is 5.69. The number of carbonyl (C=O) groups excluding carboxylic acids is 1. The van der Waals surface area contributed by atoms with Gasteiger partial charge >= 0.3 is 6.03 Å². The van der Waals surface area contributed by atoms with Crippen molar-refractivity contribution in [3.63, 3.8) is 0 Å². The van der Waals surface area contributed by atoms with E-state index >= 15 is 0 Å². The van der Waals surface area contributed by atoms with E-state index in [0.29, 0.717) is 6.54 Å². The van der Waals surface area contributed by atoms with Gasteiger partial charge in [-0.3, -0.25) is 0 Å². The number of para-hydroxylation sites is 1. The van der Waals surface area contributed by atoms with Gasteiger partial charge in [-0.15, -0.1) is 0 Å². The van der Waals surface area contributed by atoms with Crippen LogP contribution in [0, 0.1) is 5.82 Å². The van der Waals surface area contributed by atoms with Crippen LogP contribution in [0.4, 0.5) is 14.9 Å². The molecule has 1 aromatic carbocycles. The molecular formula is C13H19FN2O. The van der Waals surface area contributed by atoms with Crippen molar-refractivity contribution >= 4 is 11.7 Å². The van der Waals surface area contributed by atoms with Crippen molar-refractivity contribution in [2.75, 3.05) is 11.9 Å². The molecule has 0 aliphatic carbocycles. The van der Waals surface area contributed by atoms with Crippen molar-refractivity contribution in [3.05, 3.63) is 30.1 Å². The Morgan fingerprint density at radius 2 is 1.94 bits per heavy atom. The maximum atomic E-state index is 13.4. The molecule has 94 valence electrons. The fraction of sp³-hybridized carbons (Fsp3) is 0.462. The van der Waals surface area contributed by atoms with E-state index in [2.05, 4.69) is 5.32 Å². The van der Waals surface area contributed by atoms with Gasteiger partial charge in [-0.25, -0.2) is 9.18 Å². The minimum Gasteiger partial charge on any atom is -0.320 e. The van der Waals surface area contributed by atoms with E-state index in [9.17, 15) is 9.18 Å². The van der Waals surface area contributed by atoms with Crippen molar-refractivity contribution in [1.29, 1.82) is 0 Å². The van der Waals surface area contributed by atoms with Crippen LogP contribution in [-0.4, -0.2) is 23.0 Å². The SMILES string of the molecule is CCN(C(=O)Nc1ccccc1F)C(C)(C)C. The number of amides is 2. The average molecular weight is 238 g/mol. The van der Waals surface area contributed by atoms with Crippen LogP contribution in [0.3, 0.4) is 0 Å². The van der Waals surface area contributed by atoms with E-state index in [-0.39, 0.29) is 17.3 Å². The third-order valence-electron chi connectivity index (χ3n) is 2.49. The molecule has 4 heteroatoms. The van der Waals surface area contributed by atoms with Crippen LogP contribution in [0.1, 0.15) is 27.7 Å². The summed E-state index contributed by atoms with van der Waals surface area (Å²) >= 11 is 0. The molecule has 2 amide bonds. The molecule has 0 saturated carbocycles. The molecule has 1 rings (SSSR count). The van der Waals surface area contributed by atoms with Gasteiger partial charge in [0.1, 0.15) is 5.82 Å². The molecule has 3 nitrogen and oxygen atoms in total. The van der Waals surface area contributed by atoms with Crippen molar-refractivity contribution in [3.8, 4) is 0 Å². The second kappa shape index (κ2) is 5.17. The molecule has 0 saturated heterocycles. The highest BCUT2D eigenvalue weighted by Gasteiger charge is 2.25. The van der Waals surface area contributed by atoms with Crippen molar-refractivity contribution < 1.29 is 9.18 Å². The summed E-state index contributed by atoms with van der Waals surface area (Å²) in [7, 11) is 0. The molecule has 0 unspecified atom stereocenters. The van der Waals surface area contributed by atoms with E-state index in [4.69, 9.17) is 0 Å². The number of carbonyl (C=O) groups is 1. The van der Waals surface area contributed by atoms with Gasteiger partial charge in [0.05, 0.1) is 5.69 Å². The molecule has 0 spiro atoms. The van der Waals surface area contributed by atoms with Gasteiger partial charge in [-0.2, -0.15) is 0 Å². The highest BCUT2D eigenvalue weighted by Crippen LogP contribution is 2.17. The summed E-state index contributed by atoms with van der Waals surface area (Å²) in [5, 5.41) is 2.58. The summed E-state index contributed by atoms with van der Waals surface area (Å²) in [6.45, 7) is 8.29. The lowest BCUT2D eigenvalue weighted by molar-refractivity contribution is 0.162. The standard InChI is InChI=1S/C13H19FN2O/c1-5-16(13(2,3)4)12(17)15-11-9-7-6-8-10(11)14/h6-9H,5H2,1-4H3,(H,15,17). The normalized spacial score (nSPS) is 11.1. The summed E-state index contributed by atoms with van der Waals surface area (Å²) in [5.74, 6) is -0.425. The lowest BCUT2D eigenvalue weighted by Crippen LogP contribution is -2.47. The molecule has 0 fully saturated rings. The Hall–Kier alpha value is -1.58. The topological polar surface area (TPSA) is 32.3 Å². The molecule has 17 heavy (non-hydrogen) atoms. The first kappa shape index (κ1) is 13.5. The molecular weight excluding hydrogens is 219 g/mol. The summed E-state index contributed by atoms with van der Waals surface area (Å²) in [6, 6.07) is 5.86. The third kappa shape index (κ3) is 3.44. The quantitative estimate of drug-likeness (QED) is 0.840. The molecule has 0 aliphatic heterocycles. The van der Waals surface area contributed by atoms with Crippen molar-refractivity contribution in [2.24, 2.45) is 0 Å². The predicted molar refractivity (Wildman–Crippen MR) is 67.6 cm³/mol. The minimum absolute atomic E-state index is 0.209. The Kier molecular flexibility index (Phi) is 4.10. The van der Waals surface area contributed by atoms with Crippen molar-refractivity contribution in [1.82, 2.24) is 4.90 Å². The zero-order chi connectivity index (χ0) is 13.1. The highest BCUT2D eigenvalue weighted by atomic mass is 19.1. The van der Waals surface area contributed by atoms with Gasteiger partial charge in [0.2, 0.25) is 0 Å². The zero-order valence-corrected chi connectivity index (χ0v) is 10.7. The maximum absolute atomic E-state index is 13.4. The highest BCUT2D eigenvalue weighted by molar-refractivity contribution is 5.89. The monoisotopic (exact) mass is 238 g/mol. The second-order valence-electron chi connectivity index (χ2n) is 4.83. The summed E-state index contributed by atoms with van der Waals surface area (Å²) in [6.07, 6.45) is 0. The first-order chi connectivity index (χ1) is 7.86. The van der Waals surface area contributed by atoms with Crippen LogP contribution in [-0.2, 0) is 0 Å². The Balaban J connectivity index is 2.82. The van der Waals surface area contributed by atoms with Gasteiger partial charge in [0, 0.05) is 12.1 Å². The molecule has 0 aromatic heterocycles. The molecule has 1 N–H and O–H groups in total. The number of hydrogen-bond donors (Lipinski definition) is 1. The fourth-order valence-electron chi connectivity index (χ4n) is 1.67. The van der Waals surface area contributed by atoms with E-state index in [0.717, 1.165) is 0 Å². The lowest BCUT2D eigenvalue weighted by atomic mass is 10.1. The Morgan fingerprint density at radius 3 is 2.41 bits per heavy atom. The number of anilines is 1. The van der Waals surface area contributed by atoms with Gasteiger partial charge in [-0.05, 0) is 39.8 Å². The summed E-state index contributed by atoms with van der Waals surface area (Å²) in [4.78, 5) is 13.6. The van der Waals surface area contributed by atoms with E-state index in [1.54, 1.807) is 23.1 Å². The summed E-state index contributed by atoms with van der Waals surface area (Å²) < 4.78 is 13.4. The molecule has 0 bridgehead atoms. The van der Waals surface area contributed by atoms with Crippen LogP contribution < -0.4 is 5.32 Å². The smallest absolute Gasteiger partial charge is 0.320 e. The first-order valence-corrected chi connectivity index (χ1v) is 5.69. The average Bonchev–Trinajstić information content (AvgIpc) is 2.20. The molecule has 0 radical (unpaired) electrons. The number of rotatable bonds is 2. The van der Waals surface area contributed by atoms with Gasteiger partial charge in [0.15, 0.2) is 0 Å². The van der Waals surface area contributed by atoms with Crippen LogP contribution in [0.5, 0.6) is 0 Å². The van der Waals surface area contributed by atoms with Crippen LogP contribution in [0.15, 0.2) is 24.3 Å². The Morgan fingerprint density at radius 1 is 1.35 bits per heavy atom. The zero-order valence-electron chi connectivity index (χ0n) is 10.7. The predicted octanol–water partition coefficient (Wildman–Crippen LogP) is 3.48. The number of urea groups is 1. The third-order valence-corrected chi connectivity index (χ3v) is 2.49. The van der Waals surface area contributed by atoms with Gasteiger partial charge in [0.25, 0.3) is 0 Å². The number of benzene rings is 1. The van der Waals surface area contributed by atoms with Crippen LogP contribution in [0.2, 0.25) is 0 Å². The maximum Gasteiger partial charge on any atom is 0.322 e. The second-order valence-corrected chi connectivity index (χ2v) is 4.83. The molecule has 0 aliphatic rings. The largest absolute Gasteiger partial charge is 0.322 e. The summed E-state index contributed by atoms with van der Waals surface area (Å²) in [5.41, 5.74) is -0.0791. The molecule has 1 aromatic rings. The van der Waals surface area contributed by atoms with Crippen molar-refractivity contribution in [2.45, 2.75) is 33.2 Å². The Labute approximate surface area is 102 Å².